The molecule has 2 atom stereocenters. The Morgan fingerprint density at radius 3 is 2.53 bits per heavy atom. The number of para-hydroxylation sites is 1. The topological polar surface area (TPSA) is 35.5 Å². The summed E-state index contributed by atoms with van der Waals surface area (Å²) >= 11 is 0. The maximum atomic E-state index is 12.0. The molecule has 0 amide bonds. The van der Waals surface area contributed by atoms with Gasteiger partial charge in [-0.3, -0.25) is 0 Å². The van der Waals surface area contributed by atoms with E-state index in [9.17, 15) is 4.79 Å². The van der Waals surface area contributed by atoms with Crippen molar-refractivity contribution < 1.29 is 14.3 Å². The van der Waals surface area contributed by atoms with Crippen LogP contribution < -0.4 is 4.74 Å². The Balaban J connectivity index is 2.76. The average molecular weight is 236 g/mol. The number of carbonyl (C=O) groups is 1. The van der Waals surface area contributed by atoms with Crippen LogP contribution in [-0.2, 0) is 4.74 Å². The Hall–Kier alpha value is -1.51. The van der Waals surface area contributed by atoms with Gasteiger partial charge in [0.15, 0.2) is 0 Å². The Morgan fingerprint density at radius 1 is 1.29 bits per heavy atom. The molecule has 0 aliphatic carbocycles. The minimum Gasteiger partial charge on any atom is -0.496 e. The van der Waals surface area contributed by atoms with Crippen molar-refractivity contribution in [3.63, 3.8) is 0 Å². The minimum absolute atomic E-state index is 0.0857. The molecule has 1 rings (SSSR count). The van der Waals surface area contributed by atoms with Crippen molar-refractivity contribution >= 4 is 5.97 Å². The summed E-state index contributed by atoms with van der Waals surface area (Å²) in [5.41, 5.74) is 0.477. The molecule has 0 spiro atoms. The van der Waals surface area contributed by atoms with Crippen molar-refractivity contribution in [2.75, 3.05) is 7.11 Å². The van der Waals surface area contributed by atoms with Gasteiger partial charge in [-0.15, -0.1) is 0 Å². The van der Waals surface area contributed by atoms with Gasteiger partial charge in [0.25, 0.3) is 0 Å². The zero-order valence-corrected chi connectivity index (χ0v) is 10.9. The largest absolute Gasteiger partial charge is 0.496 e. The fraction of sp³-hybridized carbons (Fsp3) is 0.500. The first-order chi connectivity index (χ1) is 8.10. The van der Waals surface area contributed by atoms with Crippen LogP contribution in [0.1, 0.15) is 37.6 Å². The van der Waals surface area contributed by atoms with Crippen LogP contribution in [0.2, 0.25) is 0 Å². The molecule has 0 saturated heterocycles. The molecule has 0 radical (unpaired) electrons. The summed E-state index contributed by atoms with van der Waals surface area (Å²) < 4.78 is 10.5. The van der Waals surface area contributed by atoms with Gasteiger partial charge >= 0.3 is 5.97 Å². The van der Waals surface area contributed by atoms with Crippen molar-refractivity contribution in [2.24, 2.45) is 5.92 Å². The Morgan fingerprint density at radius 2 is 1.94 bits per heavy atom. The Bertz CT molecular complexity index is 373. The SMILES string of the molecule is CCC(C)C(C)OC(=O)c1ccccc1OC. The van der Waals surface area contributed by atoms with E-state index in [0.717, 1.165) is 6.42 Å². The second-order valence-corrected chi connectivity index (χ2v) is 4.20. The number of esters is 1. The molecule has 17 heavy (non-hydrogen) atoms. The van der Waals surface area contributed by atoms with Crippen LogP contribution in [0.15, 0.2) is 24.3 Å². The zero-order chi connectivity index (χ0) is 12.8. The van der Waals surface area contributed by atoms with E-state index < -0.39 is 0 Å². The summed E-state index contributed by atoms with van der Waals surface area (Å²) in [4.78, 5) is 12.0. The standard InChI is InChI=1S/C14H20O3/c1-5-10(2)11(3)17-14(15)12-8-6-7-9-13(12)16-4/h6-11H,5H2,1-4H3. The third-order valence-electron chi connectivity index (χ3n) is 3.07. The molecule has 2 unspecified atom stereocenters. The summed E-state index contributed by atoms with van der Waals surface area (Å²) in [6.45, 7) is 6.07. The van der Waals surface area contributed by atoms with Gasteiger partial charge in [0.2, 0.25) is 0 Å². The lowest BCUT2D eigenvalue weighted by molar-refractivity contribution is 0.0210. The predicted molar refractivity (Wildman–Crippen MR) is 67.3 cm³/mol. The second-order valence-electron chi connectivity index (χ2n) is 4.20. The molecule has 0 heterocycles. The van der Waals surface area contributed by atoms with Gasteiger partial charge in [-0.05, 0) is 25.0 Å². The van der Waals surface area contributed by atoms with Crippen LogP contribution in [-0.4, -0.2) is 19.2 Å². The second kappa shape index (κ2) is 6.28. The van der Waals surface area contributed by atoms with Crippen LogP contribution in [0.25, 0.3) is 0 Å². The molecule has 0 aliphatic rings. The van der Waals surface area contributed by atoms with E-state index in [1.165, 1.54) is 0 Å². The summed E-state index contributed by atoms with van der Waals surface area (Å²) in [6, 6.07) is 7.09. The van der Waals surface area contributed by atoms with Crippen LogP contribution in [0.5, 0.6) is 5.75 Å². The van der Waals surface area contributed by atoms with E-state index in [0.29, 0.717) is 17.2 Å². The van der Waals surface area contributed by atoms with E-state index in [2.05, 4.69) is 13.8 Å². The van der Waals surface area contributed by atoms with Crippen molar-refractivity contribution in [1.29, 1.82) is 0 Å². The first kappa shape index (κ1) is 13.6. The van der Waals surface area contributed by atoms with Gasteiger partial charge in [-0.25, -0.2) is 4.79 Å². The van der Waals surface area contributed by atoms with Gasteiger partial charge in [0.05, 0.1) is 7.11 Å². The van der Waals surface area contributed by atoms with Crippen LogP contribution in [0, 0.1) is 5.92 Å². The van der Waals surface area contributed by atoms with E-state index in [-0.39, 0.29) is 12.1 Å². The van der Waals surface area contributed by atoms with Crippen molar-refractivity contribution in [3.8, 4) is 5.75 Å². The third-order valence-corrected chi connectivity index (χ3v) is 3.07. The lowest BCUT2D eigenvalue weighted by Gasteiger charge is -2.19. The normalized spacial score (nSPS) is 13.9. The number of carbonyl (C=O) groups excluding carboxylic acids is 1. The molecule has 0 fully saturated rings. The summed E-state index contributed by atoms with van der Waals surface area (Å²) in [5.74, 6) is 0.581. The molecule has 0 N–H and O–H groups in total. The zero-order valence-electron chi connectivity index (χ0n) is 10.9. The highest BCUT2D eigenvalue weighted by Crippen LogP contribution is 2.20. The number of benzene rings is 1. The smallest absolute Gasteiger partial charge is 0.342 e. The van der Waals surface area contributed by atoms with Crippen LogP contribution in [0.4, 0.5) is 0 Å². The molecular weight excluding hydrogens is 216 g/mol. The molecule has 94 valence electrons. The molecule has 1 aromatic rings. The number of methoxy groups -OCH3 is 1. The summed E-state index contributed by atoms with van der Waals surface area (Å²) in [5, 5.41) is 0. The minimum atomic E-state index is -0.324. The molecule has 1 aromatic carbocycles. The lowest BCUT2D eigenvalue weighted by atomic mass is 10.0. The maximum Gasteiger partial charge on any atom is 0.342 e. The number of rotatable bonds is 5. The maximum absolute atomic E-state index is 12.0. The van der Waals surface area contributed by atoms with Gasteiger partial charge < -0.3 is 9.47 Å². The quantitative estimate of drug-likeness (QED) is 0.736. The number of hydrogen-bond donors (Lipinski definition) is 0. The predicted octanol–water partition coefficient (Wildman–Crippen LogP) is 3.29. The average Bonchev–Trinajstić information content (AvgIpc) is 2.37. The van der Waals surface area contributed by atoms with Crippen molar-refractivity contribution in [3.05, 3.63) is 29.8 Å². The van der Waals surface area contributed by atoms with Crippen molar-refractivity contribution in [1.82, 2.24) is 0 Å². The first-order valence-corrected chi connectivity index (χ1v) is 5.94. The van der Waals surface area contributed by atoms with Gasteiger partial charge in [-0.1, -0.05) is 32.4 Å². The molecule has 3 nitrogen and oxygen atoms in total. The fourth-order valence-corrected chi connectivity index (χ4v) is 1.49. The highest BCUT2D eigenvalue weighted by molar-refractivity contribution is 5.92. The van der Waals surface area contributed by atoms with Crippen molar-refractivity contribution in [2.45, 2.75) is 33.3 Å². The van der Waals surface area contributed by atoms with Gasteiger partial charge in [-0.2, -0.15) is 0 Å². The van der Waals surface area contributed by atoms with E-state index in [1.54, 1.807) is 25.3 Å². The van der Waals surface area contributed by atoms with E-state index >= 15 is 0 Å². The third kappa shape index (κ3) is 3.48. The number of hydrogen-bond acceptors (Lipinski definition) is 3. The molecular formula is C14H20O3. The molecule has 0 bridgehead atoms. The molecule has 3 heteroatoms. The fourth-order valence-electron chi connectivity index (χ4n) is 1.49. The number of ether oxygens (including phenoxy) is 2. The molecule has 0 aromatic heterocycles. The molecule has 0 saturated carbocycles. The summed E-state index contributed by atoms with van der Waals surface area (Å²) in [7, 11) is 1.55. The highest BCUT2D eigenvalue weighted by Gasteiger charge is 2.19. The Kier molecular flexibility index (Phi) is 5.01. The van der Waals surface area contributed by atoms with Gasteiger partial charge in [0, 0.05) is 0 Å². The molecule has 0 aliphatic heterocycles. The van der Waals surface area contributed by atoms with Gasteiger partial charge in [0.1, 0.15) is 17.4 Å². The lowest BCUT2D eigenvalue weighted by Crippen LogP contribution is -2.22. The first-order valence-electron chi connectivity index (χ1n) is 5.94. The van der Waals surface area contributed by atoms with E-state index in [1.807, 2.05) is 13.0 Å². The highest BCUT2D eigenvalue weighted by atomic mass is 16.5. The Labute approximate surface area is 103 Å². The van der Waals surface area contributed by atoms with E-state index in [4.69, 9.17) is 9.47 Å². The summed E-state index contributed by atoms with van der Waals surface area (Å²) in [6.07, 6.45) is 0.901. The van der Waals surface area contributed by atoms with Crippen LogP contribution >= 0.6 is 0 Å². The monoisotopic (exact) mass is 236 g/mol. The van der Waals surface area contributed by atoms with Crippen LogP contribution in [0.3, 0.4) is 0 Å².